The van der Waals surface area contributed by atoms with Crippen LogP contribution in [0.2, 0.25) is 0 Å². The van der Waals surface area contributed by atoms with E-state index >= 15 is 0 Å². The van der Waals surface area contributed by atoms with Gasteiger partial charge in [0.2, 0.25) is 5.91 Å². The average Bonchev–Trinajstić information content (AvgIpc) is 2.75. The maximum Gasteiger partial charge on any atom is 0.269 e. The number of hydrazine groups is 1. The molecule has 6 nitrogen and oxygen atoms in total. The molecule has 6 heteroatoms. The maximum absolute atomic E-state index is 12.6. The Labute approximate surface area is 165 Å². The van der Waals surface area contributed by atoms with Crippen LogP contribution >= 0.6 is 0 Å². The lowest BCUT2D eigenvalue weighted by molar-refractivity contribution is -0.123. The fourth-order valence-corrected chi connectivity index (χ4v) is 3.44. The number of amides is 2. The van der Waals surface area contributed by atoms with E-state index in [2.05, 4.69) is 16.9 Å². The van der Waals surface area contributed by atoms with Gasteiger partial charge in [-0.3, -0.25) is 20.4 Å². The van der Waals surface area contributed by atoms with E-state index in [1.807, 2.05) is 25.1 Å². The van der Waals surface area contributed by atoms with Crippen molar-refractivity contribution in [3.8, 4) is 11.5 Å². The van der Waals surface area contributed by atoms with Crippen LogP contribution in [0, 0.1) is 0 Å². The highest BCUT2D eigenvalue weighted by Gasteiger charge is 2.26. The number of nitrogens with one attached hydrogen (secondary N) is 2. The van der Waals surface area contributed by atoms with Crippen molar-refractivity contribution < 1.29 is 19.1 Å². The summed E-state index contributed by atoms with van der Waals surface area (Å²) in [6.45, 7) is 2.59. The van der Waals surface area contributed by atoms with Crippen LogP contribution in [0.3, 0.4) is 0 Å². The highest BCUT2D eigenvalue weighted by Crippen LogP contribution is 2.31. The number of carbonyl (C=O) groups is 2. The van der Waals surface area contributed by atoms with Crippen LogP contribution in [0.4, 0.5) is 0 Å². The number of carbonyl (C=O) groups excluding carboxylic acids is 2. The van der Waals surface area contributed by atoms with Crippen molar-refractivity contribution in [3.05, 3.63) is 59.2 Å². The molecule has 28 heavy (non-hydrogen) atoms. The SMILES string of the molecule is CCCOc1ccc(C(=O)NNC(=O)C2CCCc3ccccc32)cc1OC. The minimum absolute atomic E-state index is 0.199. The van der Waals surface area contributed by atoms with E-state index in [0.29, 0.717) is 23.7 Å². The second kappa shape index (κ2) is 9.26. The van der Waals surface area contributed by atoms with Gasteiger partial charge in [0.15, 0.2) is 11.5 Å². The fraction of sp³-hybridized carbons (Fsp3) is 0.364. The van der Waals surface area contributed by atoms with E-state index < -0.39 is 5.91 Å². The average molecular weight is 382 g/mol. The zero-order chi connectivity index (χ0) is 19.9. The third kappa shape index (κ3) is 4.44. The van der Waals surface area contributed by atoms with E-state index in [0.717, 1.165) is 31.2 Å². The molecular formula is C22H26N2O4. The van der Waals surface area contributed by atoms with Crippen molar-refractivity contribution in [2.24, 2.45) is 0 Å². The zero-order valence-corrected chi connectivity index (χ0v) is 16.3. The molecule has 2 aromatic rings. The molecule has 1 atom stereocenters. The summed E-state index contributed by atoms with van der Waals surface area (Å²) >= 11 is 0. The molecule has 0 spiro atoms. The van der Waals surface area contributed by atoms with Crippen LogP contribution < -0.4 is 20.3 Å². The predicted octanol–water partition coefficient (Wildman–Crippen LogP) is 3.37. The first-order valence-electron chi connectivity index (χ1n) is 9.63. The van der Waals surface area contributed by atoms with Crippen molar-refractivity contribution in [2.75, 3.05) is 13.7 Å². The van der Waals surface area contributed by atoms with Gasteiger partial charge >= 0.3 is 0 Å². The number of rotatable bonds is 6. The summed E-state index contributed by atoms with van der Waals surface area (Å²) in [7, 11) is 1.53. The molecule has 0 aliphatic heterocycles. The summed E-state index contributed by atoms with van der Waals surface area (Å²) in [5.41, 5.74) is 7.70. The molecule has 1 aliphatic carbocycles. The van der Waals surface area contributed by atoms with Gasteiger partial charge in [-0.25, -0.2) is 0 Å². The lowest BCUT2D eigenvalue weighted by atomic mass is 9.82. The first-order valence-corrected chi connectivity index (χ1v) is 9.63. The molecular weight excluding hydrogens is 356 g/mol. The molecule has 3 rings (SSSR count). The molecule has 148 valence electrons. The van der Waals surface area contributed by atoms with Crippen LogP contribution in [0.15, 0.2) is 42.5 Å². The van der Waals surface area contributed by atoms with Gasteiger partial charge in [0.25, 0.3) is 5.91 Å². The number of methoxy groups -OCH3 is 1. The van der Waals surface area contributed by atoms with Crippen molar-refractivity contribution in [2.45, 2.75) is 38.5 Å². The molecule has 0 fully saturated rings. The number of benzene rings is 2. The number of hydrogen-bond donors (Lipinski definition) is 2. The minimum atomic E-state index is -0.405. The lowest BCUT2D eigenvalue weighted by Gasteiger charge is -2.24. The Morgan fingerprint density at radius 3 is 2.71 bits per heavy atom. The third-order valence-electron chi connectivity index (χ3n) is 4.87. The van der Waals surface area contributed by atoms with Gasteiger partial charge in [0, 0.05) is 5.56 Å². The minimum Gasteiger partial charge on any atom is -0.493 e. The summed E-state index contributed by atoms with van der Waals surface area (Å²) in [5, 5.41) is 0. The van der Waals surface area contributed by atoms with Gasteiger partial charge in [-0.15, -0.1) is 0 Å². The molecule has 0 saturated carbocycles. The van der Waals surface area contributed by atoms with E-state index in [1.54, 1.807) is 18.2 Å². The largest absolute Gasteiger partial charge is 0.493 e. The van der Waals surface area contributed by atoms with Gasteiger partial charge in [-0.05, 0) is 55.0 Å². The smallest absolute Gasteiger partial charge is 0.269 e. The van der Waals surface area contributed by atoms with Crippen molar-refractivity contribution in [1.29, 1.82) is 0 Å². The molecule has 0 bridgehead atoms. The van der Waals surface area contributed by atoms with Gasteiger partial charge in [0.1, 0.15) is 0 Å². The highest BCUT2D eigenvalue weighted by atomic mass is 16.5. The summed E-state index contributed by atoms with van der Waals surface area (Å²) < 4.78 is 10.9. The highest BCUT2D eigenvalue weighted by molar-refractivity contribution is 5.96. The summed E-state index contributed by atoms with van der Waals surface area (Å²) in [4.78, 5) is 25.1. The first-order chi connectivity index (χ1) is 13.6. The van der Waals surface area contributed by atoms with Gasteiger partial charge in [-0.2, -0.15) is 0 Å². The van der Waals surface area contributed by atoms with Crippen LogP contribution in [0.1, 0.15) is 53.6 Å². The lowest BCUT2D eigenvalue weighted by Crippen LogP contribution is -2.44. The molecule has 0 heterocycles. The Kier molecular flexibility index (Phi) is 6.53. The summed E-state index contributed by atoms with van der Waals surface area (Å²) in [6.07, 6.45) is 3.59. The Bertz CT molecular complexity index is 850. The second-order valence-corrected chi connectivity index (χ2v) is 6.80. The number of hydrogen-bond acceptors (Lipinski definition) is 4. The topological polar surface area (TPSA) is 76.7 Å². The molecule has 0 aromatic heterocycles. The molecule has 1 unspecified atom stereocenters. The third-order valence-corrected chi connectivity index (χ3v) is 4.87. The van der Waals surface area contributed by atoms with Crippen molar-refractivity contribution >= 4 is 11.8 Å². The molecule has 2 amide bonds. The Hall–Kier alpha value is -3.02. The fourth-order valence-electron chi connectivity index (χ4n) is 3.44. The van der Waals surface area contributed by atoms with Gasteiger partial charge in [-0.1, -0.05) is 31.2 Å². The first kappa shape index (κ1) is 19.7. The van der Waals surface area contributed by atoms with E-state index in [9.17, 15) is 9.59 Å². The second-order valence-electron chi connectivity index (χ2n) is 6.80. The summed E-state index contributed by atoms with van der Waals surface area (Å²) in [6, 6.07) is 12.9. The Morgan fingerprint density at radius 1 is 1.11 bits per heavy atom. The molecule has 2 N–H and O–H groups in total. The molecule has 0 saturated heterocycles. The standard InChI is InChI=1S/C22H26N2O4/c1-3-13-28-19-12-11-16(14-20(19)27-2)21(25)23-24-22(26)18-10-6-8-15-7-4-5-9-17(15)18/h4-5,7,9,11-12,14,18H,3,6,8,10,13H2,1-2H3,(H,23,25)(H,24,26). The van der Waals surface area contributed by atoms with E-state index in [-0.39, 0.29) is 11.8 Å². The normalized spacial score (nSPS) is 15.3. The van der Waals surface area contributed by atoms with Crippen molar-refractivity contribution in [3.63, 3.8) is 0 Å². The van der Waals surface area contributed by atoms with Crippen LogP contribution in [-0.4, -0.2) is 25.5 Å². The number of fused-ring (bicyclic) bond motifs is 1. The van der Waals surface area contributed by atoms with Crippen LogP contribution in [0.5, 0.6) is 11.5 Å². The number of ether oxygens (including phenoxy) is 2. The van der Waals surface area contributed by atoms with Gasteiger partial charge in [0.05, 0.1) is 19.6 Å². The van der Waals surface area contributed by atoms with Crippen LogP contribution in [-0.2, 0) is 11.2 Å². The predicted molar refractivity (Wildman–Crippen MR) is 107 cm³/mol. The zero-order valence-electron chi connectivity index (χ0n) is 16.3. The van der Waals surface area contributed by atoms with Gasteiger partial charge < -0.3 is 9.47 Å². The number of aryl methyl sites for hydroxylation is 1. The van der Waals surface area contributed by atoms with Crippen molar-refractivity contribution in [1.82, 2.24) is 10.9 Å². The van der Waals surface area contributed by atoms with E-state index in [4.69, 9.17) is 9.47 Å². The van der Waals surface area contributed by atoms with Crippen LogP contribution in [0.25, 0.3) is 0 Å². The Balaban J connectivity index is 1.63. The summed E-state index contributed by atoms with van der Waals surface area (Å²) in [5.74, 6) is 0.218. The molecule has 0 radical (unpaired) electrons. The monoisotopic (exact) mass is 382 g/mol. The van der Waals surface area contributed by atoms with E-state index in [1.165, 1.54) is 12.7 Å². The molecule has 1 aliphatic rings. The molecule has 2 aromatic carbocycles. The quantitative estimate of drug-likeness (QED) is 0.751. The Morgan fingerprint density at radius 2 is 1.93 bits per heavy atom. The maximum atomic E-state index is 12.6.